The number of rotatable bonds is 3. The summed E-state index contributed by atoms with van der Waals surface area (Å²) in [5.74, 6) is -0.635. The van der Waals surface area contributed by atoms with Crippen molar-refractivity contribution in [2.24, 2.45) is 0 Å². The Kier molecular flexibility index (Phi) is 3.64. The fourth-order valence-corrected chi connectivity index (χ4v) is 3.53. The van der Waals surface area contributed by atoms with Crippen molar-refractivity contribution in [1.82, 2.24) is 9.80 Å². The summed E-state index contributed by atoms with van der Waals surface area (Å²) in [5.41, 5.74) is 1.95. The molecule has 2 aromatic carbocycles. The highest BCUT2D eigenvalue weighted by Gasteiger charge is 2.43. The molecule has 0 spiro atoms. The molecule has 25 heavy (non-hydrogen) atoms. The fourth-order valence-electron chi connectivity index (χ4n) is 3.53. The van der Waals surface area contributed by atoms with Gasteiger partial charge in [0.05, 0.1) is 11.1 Å². The molecule has 2 aliphatic rings. The molecular weight excluding hydrogens is 316 g/mol. The predicted molar refractivity (Wildman–Crippen MR) is 92.2 cm³/mol. The van der Waals surface area contributed by atoms with Crippen LogP contribution in [0.3, 0.4) is 0 Å². The van der Waals surface area contributed by atoms with Crippen molar-refractivity contribution in [3.8, 4) is 0 Å². The number of carbonyl (C=O) groups is 3. The first-order valence-electron chi connectivity index (χ1n) is 8.38. The molecule has 1 fully saturated rings. The molecular formula is C20H18N2O3. The van der Waals surface area contributed by atoms with Crippen LogP contribution in [0.25, 0.3) is 0 Å². The maximum Gasteiger partial charge on any atom is 0.262 e. The van der Waals surface area contributed by atoms with Gasteiger partial charge in [-0.2, -0.15) is 0 Å². The minimum absolute atomic E-state index is 0.179. The number of hydrogen-bond donors (Lipinski definition) is 0. The Labute approximate surface area is 145 Å². The van der Waals surface area contributed by atoms with Gasteiger partial charge in [0.2, 0.25) is 5.91 Å². The van der Waals surface area contributed by atoms with Gasteiger partial charge in [-0.15, -0.1) is 0 Å². The average molecular weight is 334 g/mol. The number of benzene rings is 2. The van der Waals surface area contributed by atoms with Crippen molar-refractivity contribution in [1.29, 1.82) is 0 Å². The zero-order valence-electron chi connectivity index (χ0n) is 13.9. The summed E-state index contributed by atoms with van der Waals surface area (Å²) in [5, 5.41) is 0. The average Bonchev–Trinajstić information content (AvgIpc) is 2.85. The lowest BCUT2D eigenvalue weighted by molar-refractivity contribution is -0.139. The van der Waals surface area contributed by atoms with Crippen molar-refractivity contribution in [3.05, 3.63) is 71.3 Å². The van der Waals surface area contributed by atoms with Gasteiger partial charge in [-0.25, -0.2) is 0 Å². The number of amides is 3. The normalized spacial score (nSPS) is 18.1. The van der Waals surface area contributed by atoms with Gasteiger partial charge in [0, 0.05) is 19.0 Å². The lowest BCUT2D eigenvalue weighted by Gasteiger charge is -2.41. The van der Waals surface area contributed by atoms with Crippen LogP contribution in [0.2, 0.25) is 0 Å². The third-order valence-electron chi connectivity index (χ3n) is 5.03. The lowest BCUT2D eigenvalue weighted by Crippen LogP contribution is -2.56. The van der Waals surface area contributed by atoms with Crippen LogP contribution in [0.15, 0.2) is 54.6 Å². The predicted octanol–water partition coefficient (Wildman–Crippen LogP) is 2.30. The van der Waals surface area contributed by atoms with Crippen LogP contribution in [-0.4, -0.2) is 46.7 Å². The molecule has 0 unspecified atom stereocenters. The molecule has 0 bridgehead atoms. The number of fused-ring (bicyclic) bond motifs is 1. The third kappa shape index (κ3) is 2.43. The van der Waals surface area contributed by atoms with Gasteiger partial charge in [0.25, 0.3) is 11.8 Å². The van der Waals surface area contributed by atoms with E-state index < -0.39 is 6.04 Å². The van der Waals surface area contributed by atoms with Crippen molar-refractivity contribution < 1.29 is 14.4 Å². The molecule has 5 nitrogen and oxygen atoms in total. The second-order valence-electron chi connectivity index (χ2n) is 6.55. The van der Waals surface area contributed by atoms with E-state index >= 15 is 0 Å². The second-order valence-corrected chi connectivity index (χ2v) is 6.55. The molecule has 3 amide bonds. The molecule has 126 valence electrons. The number of imide groups is 1. The zero-order chi connectivity index (χ0) is 17.6. The minimum Gasteiger partial charge on any atom is -0.340 e. The Morgan fingerprint density at radius 1 is 0.920 bits per heavy atom. The molecule has 5 heteroatoms. The van der Waals surface area contributed by atoms with E-state index in [9.17, 15) is 14.4 Å². The monoisotopic (exact) mass is 334 g/mol. The Bertz CT molecular complexity index is 821. The first-order chi connectivity index (χ1) is 12.1. The molecule has 2 aromatic rings. The molecule has 2 heterocycles. The fraction of sp³-hybridized carbons (Fsp3) is 0.250. The Balaban J connectivity index is 1.46. The number of carbonyl (C=O) groups excluding carboxylic acids is 3. The van der Waals surface area contributed by atoms with Crippen LogP contribution in [0.1, 0.15) is 39.1 Å². The molecule has 0 saturated carbocycles. The van der Waals surface area contributed by atoms with E-state index in [4.69, 9.17) is 0 Å². The summed E-state index contributed by atoms with van der Waals surface area (Å²) in [7, 11) is 0. The summed E-state index contributed by atoms with van der Waals surface area (Å²) in [6.45, 7) is 2.87. The summed E-state index contributed by atoms with van der Waals surface area (Å²) in [4.78, 5) is 40.5. The van der Waals surface area contributed by atoms with E-state index in [1.807, 2.05) is 18.2 Å². The van der Waals surface area contributed by atoms with Gasteiger partial charge >= 0.3 is 0 Å². The van der Waals surface area contributed by atoms with E-state index in [2.05, 4.69) is 12.1 Å². The van der Waals surface area contributed by atoms with Crippen molar-refractivity contribution in [2.45, 2.75) is 18.9 Å². The molecule has 0 aliphatic carbocycles. The van der Waals surface area contributed by atoms with Gasteiger partial charge in [0.15, 0.2) is 0 Å². The number of likely N-dealkylation sites (tertiary alicyclic amines) is 1. The van der Waals surface area contributed by atoms with E-state index in [0.29, 0.717) is 30.1 Å². The first-order valence-corrected chi connectivity index (χ1v) is 8.38. The van der Waals surface area contributed by atoms with Crippen molar-refractivity contribution >= 4 is 17.7 Å². The summed E-state index contributed by atoms with van der Waals surface area (Å²) in [6, 6.07) is 16.0. The van der Waals surface area contributed by atoms with Crippen molar-refractivity contribution in [2.75, 3.05) is 13.1 Å². The van der Waals surface area contributed by atoms with E-state index in [1.165, 1.54) is 5.56 Å². The van der Waals surface area contributed by atoms with E-state index in [-0.39, 0.29) is 17.7 Å². The molecule has 1 saturated heterocycles. The Morgan fingerprint density at radius 3 is 2.00 bits per heavy atom. The lowest BCUT2D eigenvalue weighted by atomic mass is 9.91. The largest absolute Gasteiger partial charge is 0.340 e. The molecule has 0 radical (unpaired) electrons. The molecule has 0 aromatic heterocycles. The molecule has 1 atom stereocenters. The topological polar surface area (TPSA) is 57.7 Å². The first kappa shape index (κ1) is 15.6. The highest BCUT2D eigenvalue weighted by molar-refractivity contribution is 6.22. The van der Waals surface area contributed by atoms with Crippen LogP contribution < -0.4 is 0 Å². The molecule has 2 aliphatic heterocycles. The van der Waals surface area contributed by atoms with Gasteiger partial charge < -0.3 is 4.90 Å². The maximum atomic E-state index is 12.7. The molecule has 0 N–H and O–H groups in total. The van der Waals surface area contributed by atoms with Gasteiger partial charge in [-0.3, -0.25) is 19.3 Å². The SMILES string of the molecule is C[C@H](C(=O)N1CC(c2ccccc2)C1)N1C(=O)c2ccccc2C1=O. The van der Waals surface area contributed by atoms with Crippen LogP contribution in [0.4, 0.5) is 0 Å². The van der Waals surface area contributed by atoms with Gasteiger partial charge in [-0.05, 0) is 24.6 Å². The summed E-state index contributed by atoms with van der Waals surface area (Å²) in [6.07, 6.45) is 0. The Morgan fingerprint density at radius 2 is 1.44 bits per heavy atom. The highest BCUT2D eigenvalue weighted by Crippen LogP contribution is 2.30. The Hall–Kier alpha value is -2.95. The summed E-state index contributed by atoms with van der Waals surface area (Å²) < 4.78 is 0. The van der Waals surface area contributed by atoms with Crippen LogP contribution in [-0.2, 0) is 4.79 Å². The quantitative estimate of drug-likeness (QED) is 0.809. The minimum atomic E-state index is -0.788. The van der Waals surface area contributed by atoms with Crippen LogP contribution >= 0.6 is 0 Å². The highest BCUT2D eigenvalue weighted by atomic mass is 16.2. The standard InChI is InChI=1S/C20H18N2O3/c1-13(22-19(24)16-9-5-6-10-17(16)20(22)25)18(23)21-11-15(12-21)14-7-3-2-4-8-14/h2-10,13,15H,11-12H2,1H3/t13-/m1/s1. The second kappa shape index (κ2) is 5.84. The van der Waals surface area contributed by atoms with Crippen LogP contribution in [0.5, 0.6) is 0 Å². The number of hydrogen-bond acceptors (Lipinski definition) is 3. The third-order valence-corrected chi connectivity index (χ3v) is 5.03. The summed E-state index contributed by atoms with van der Waals surface area (Å²) >= 11 is 0. The zero-order valence-corrected chi connectivity index (χ0v) is 13.9. The smallest absolute Gasteiger partial charge is 0.262 e. The maximum absolute atomic E-state index is 12.7. The van der Waals surface area contributed by atoms with Crippen molar-refractivity contribution in [3.63, 3.8) is 0 Å². The van der Waals surface area contributed by atoms with E-state index in [1.54, 1.807) is 36.1 Å². The van der Waals surface area contributed by atoms with Gasteiger partial charge in [-0.1, -0.05) is 42.5 Å². The van der Waals surface area contributed by atoms with E-state index in [0.717, 1.165) is 4.90 Å². The van der Waals surface area contributed by atoms with Gasteiger partial charge in [0.1, 0.15) is 6.04 Å². The number of nitrogens with zero attached hydrogens (tertiary/aromatic N) is 2. The van der Waals surface area contributed by atoms with Crippen LogP contribution in [0, 0.1) is 0 Å². The molecule has 4 rings (SSSR count).